The van der Waals surface area contributed by atoms with Crippen molar-refractivity contribution >= 4 is 43.7 Å². The smallest absolute Gasteiger partial charge is 0.203 e. The van der Waals surface area contributed by atoms with Crippen LogP contribution in [0.5, 0.6) is 5.75 Å². The second-order valence-corrected chi connectivity index (χ2v) is 8.77. The number of nitrogen functional groups attached to an aromatic ring is 1. The van der Waals surface area contributed by atoms with Crippen molar-refractivity contribution in [3.05, 3.63) is 88.6 Å². The Morgan fingerprint density at radius 3 is 2.37 bits per heavy atom. The molecule has 0 fully saturated rings. The lowest BCUT2D eigenvalue weighted by Crippen LogP contribution is -2.00. The van der Waals surface area contributed by atoms with Gasteiger partial charge in [0.2, 0.25) is 5.78 Å². The van der Waals surface area contributed by atoms with Crippen molar-refractivity contribution in [1.82, 2.24) is 4.98 Å². The average Bonchev–Trinajstić information content (AvgIpc) is 3.37. The van der Waals surface area contributed by atoms with Crippen LogP contribution in [-0.2, 0) is 0 Å². The van der Waals surface area contributed by atoms with Gasteiger partial charge < -0.3 is 10.8 Å². The summed E-state index contributed by atoms with van der Waals surface area (Å²) in [6, 6.07) is 22.5. The highest BCUT2D eigenvalue weighted by Crippen LogP contribution is 2.41. The van der Waals surface area contributed by atoms with Crippen LogP contribution in [0.2, 0.25) is 0 Å². The number of nitrogens with zero attached hydrogens (tertiary/aromatic N) is 1. The number of ketones is 1. The third kappa shape index (κ3) is 3.26. The SMILES string of the molecule is Nc1nc(-c2ccc(-c3c(C(=O)c4ccccc4)sc4cc(O)ccc34)cc2)cs1. The number of phenols is 1. The summed E-state index contributed by atoms with van der Waals surface area (Å²) in [5.41, 5.74) is 10.0. The first-order chi connectivity index (χ1) is 14.6. The lowest BCUT2D eigenvalue weighted by Gasteiger charge is -2.06. The Balaban J connectivity index is 1.66. The van der Waals surface area contributed by atoms with Gasteiger partial charge >= 0.3 is 0 Å². The van der Waals surface area contributed by atoms with Crippen LogP contribution in [0.15, 0.2) is 78.2 Å². The summed E-state index contributed by atoms with van der Waals surface area (Å²) in [5, 5.41) is 13.3. The number of hydrogen-bond donors (Lipinski definition) is 2. The van der Waals surface area contributed by atoms with E-state index in [4.69, 9.17) is 5.73 Å². The molecule has 0 atom stereocenters. The maximum Gasteiger partial charge on any atom is 0.203 e. The van der Waals surface area contributed by atoms with Crippen LogP contribution in [0, 0.1) is 0 Å². The molecule has 30 heavy (non-hydrogen) atoms. The molecule has 0 radical (unpaired) electrons. The molecule has 146 valence electrons. The number of aromatic nitrogens is 1. The summed E-state index contributed by atoms with van der Waals surface area (Å²) in [6.45, 7) is 0. The number of thiophene rings is 1. The fraction of sp³-hybridized carbons (Fsp3) is 0. The Labute approximate surface area is 180 Å². The minimum atomic E-state index is -0.0253. The molecule has 3 aromatic carbocycles. The van der Waals surface area contributed by atoms with Gasteiger partial charge in [0.15, 0.2) is 5.13 Å². The number of phenolic OH excluding ortho intramolecular Hbond substituents is 1. The quantitative estimate of drug-likeness (QED) is 0.334. The molecule has 0 unspecified atom stereocenters. The van der Waals surface area contributed by atoms with E-state index in [2.05, 4.69) is 4.98 Å². The Hall–Kier alpha value is -3.48. The van der Waals surface area contributed by atoms with Gasteiger partial charge in [-0.3, -0.25) is 4.79 Å². The number of carbonyl (C=O) groups excluding carboxylic acids is 1. The first-order valence-corrected chi connectivity index (χ1v) is 11.0. The zero-order chi connectivity index (χ0) is 20.7. The molecule has 3 N–H and O–H groups in total. The highest BCUT2D eigenvalue weighted by Gasteiger charge is 2.21. The average molecular weight is 429 g/mol. The Morgan fingerprint density at radius 1 is 0.933 bits per heavy atom. The molecule has 0 saturated carbocycles. The van der Waals surface area contributed by atoms with Gasteiger partial charge in [-0.05, 0) is 23.8 Å². The highest BCUT2D eigenvalue weighted by molar-refractivity contribution is 7.21. The van der Waals surface area contributed by atoms with E-state index in [0.29, 0.717) is 15.6 Å². The Kier molecular flexibility index (Phi) is 4.58. The monoisotopic (exact) mass is 428 g/mol. The predicted molar refractivity (Wildman–Crippen MR) is 124 cm³/mol. The van der Waals surface area contributed by atoms with Crippen LogP contribution in [0.25, 0.3) is 32.5 Å². The predicted octanol–water partition coefficient (Wildman–Crippen LogP) is 6.21. The molecule has 0 bridgehead atoms. The molecule has 0 spiro atoms. The topological polar surface area (TPSA) is 76.2 Å². The molecule has 5 aromatic rings. The molecular weight excluding hydrogens is 412 g/mol. The van der Waals surface area contributed by atoms with E-state index >= 15 is 0 Å². The lowest BCUT2D eigenvalue weighted by molar-refractivity contribution is 0.104. The van der Waals surface area contributed by atoms with Gasteiger partial charge in [-0.15, -0.1) is 22.7 Å². The van der Waals surface area contributed by atoms with Crippen molar-refractivity contribution in [2.24, 2.45) is 0 Å². The van der Waals surface area contributed by atoms with Gasteiger partial charge in [-0.1, -0.05) is 54.6 Å². The standard InChI is InChI=1S/C24H16N2O2S2/c25-24-26-19(13-29-24)14-6-8-15(9-7-14)21-18-11-10-17(27)12-20(18)30-23(21)22(28)16-4-2-1-3-5-16/h1-13,27H,(H2,25,26). The Morgan fingerprint density at radius 2 is 1.67 bits per heavy atom. The van der Waals surface area contributed by atoms with Gasteiger partial charge in [-0.25, -0.2) is 4.98 Å². The summed E-state index contributed by atoms with van der Waals surface area (Å²) >= 11 is 2.81. The number of anilines is 1. The first-order valence-electron chi connectivity index (χ1n) is 9.27. The van der Waals surface area contributed by atoms with Crippen molar-refractivity contribution in [2.75, 3.05) is 5.73 Å². The number of thiazole rings is 1. The first kappa shape index (κ1) is 18.5. The zero-order valence-corrected chi connectivity index (χ0v) is 17.3. The van der Waals surface area contributed by atoms with E-state index in [-0.39, 0.29) is 11.5 Å². The molecule has 0 saturated heterocycles. The Bertz CT molecular complexity index is 1370. The number of benzene rings is 3. The van der Waals surface area contributed by atoms with Crippen molar-refractivity contribution in [1.29, 1.82) is 0 Å². The molecule has 2 aromatic heterocycles. The van der Waals surface area contributed by atoms with Crippen LogP contribution in [0.3, 0.4) is 0 Å². The highest BCUT2D eigenvalue weighted by atomic mass is 32.1. The van der Waals surface area contributed by atoms with Crippen LogP contribution in [-0.4, -0.2) is 15.9 Å². The normalized spacial score (nSPS) is 11.1. The third-order valence-electron chi connectivity index (χ3n) is 4.91. The number of fused-ring (bicyclic) bond motifs is 1. The molecule has 2 heterocycles. The van der Waals surface area contributed by atoms with Crippen molar-refractivity contribution in [3.63, 3.8) is 0 Å². The van der Waals surface area contributed by atoms with Crippen LogP contribution < -0.4 is 5.73 Å². The molecule has 6 heteroatoms. The number of carbonyl (C=O) groups is 1. The zero-order valence-electron chi connectivity index (χ0n) is 15.7. The largest absolute Gasteiger partial charge is 0.508 e. The number of aromatic hydroxyl groups is 1. The lowest BCUT2D eigenvalue weighted by atomic mass is 9.97. The van der Waals surface area contributed by atoms with Crippen molar-refractivity contribution in [3.8, 4) is 28.1 Å². The van der Waals surface area contributed by atoms with Gasteiger partial charge in [0.25, 0.3) is 0 Å². The summed E-state index contributed by atoms with van der Waals surface area (Å²) in [7, 11) is 0. The second kappa shape index (κ2) is 7.40. The molecule has 0 aliphatic rings. The molecule has 4 nitrogen and oxygen atoms in total. The maximum absolute atomic E-state index is 13.3. The van der Waals surface area contributed by atoms with Crippen molar-refractivity contribution in [2.45, 2.75) is 0 Å². The van der Waals surface area contributed by atoms with E-state index in [1.165, 1.54) is 22.7 Å². The third-order valence-corrected chi connectivity index (χ3v) is 6.73. The molecule has 0 aliphatic heterocycles. The van der Waals surface area contributed by atoms with Crippen molar-refractivity contribution < 1.29 is 9.90 Å². The van der Waals surface area contributed by atoms with E-state index in [9.17, 15) is 9.90 Å². The fourth-order valence-corrected chi connectivity index (χ4v) is 5.27. The molecule has 0 aliphatic carbocycles. The van der Waals surface area contributed by atoms with Gasteiger partial charge in [0.05, 0.1) is 10.6 Å². The molecular formula is C24H16N2O2S2. The summed E-state index contributed by atoms with van der Waals surface area (Å²) < 4.78 is 0.876. The van der Waals surface area contributed by atoms with Gasteiger partial charge in [0.1, 0.15) is 5.75 Å². The summed E-state index contributed by atoms with van der Waals surface area (Å²) in [6.07, 6.45) is 0. The summed E-state index contributed by atoms with van der Waals surface area (Å²) in [4.78, 5) is 18.3. The molecule has 5 rings (SSSR count). The van der Waals surface area contributed by atoms with E-state index < -0.39 is 0 Å². The molecule has 0 amide bonds. The van der Waals surface area contributed by atoms with Gasteiger partial charge in [0, 0.05) is 32.2 Å². The second-order valence-electron chi connectivity index (χ2n) is 6.83. The van der Waals surface area contributed by atoms with Gasteiger partial charge in [-0.2, -0.15) is 0 Å². The maximum atomic E-state index is 13.3. The number of nitrogens with two attached hydrogens (primary N) is 1. The van der Waals surface area contributed by atoms with Crippen LogP contribution in [0.4, 0.5) is 5.13 Å². The van der Waals surface area contributed by atoms with E-state index in [0.717, 1.165) is 32.5 Å². The number of rotatable bonds is 4. The van der Waals surface area contributed by atoms with Crippen LogP contribution in [0.1, 0.15) is 15.2 Å². The number of hydrogen-bond acceptors (Lipinski definition) is 6. The fourth-order valence-electron chi connectivity index (χ4n) is 3.48. The minimum absolute atomic E-state index is 0.0253. The van der Waals surface area contributed by atoms with E-state index in [1.807, 2.05) is 66.0 Å². The van der Waals surface area contributed by atoms with Crippen LogP contribution >= 0.6 is 22.7 Å². The minimum Gasteiger partial charge on any atom is -0.508 e. The van der Waals surface area contributed by atoms with E-state index in [1.54, 1.807) is 12.1 Å². The summed E-state index contributed by atoms with van der Waals surface area (Å²) in [5.74, 6) is 0.160.